The molecule has 2 aromatic rings. The van der Waals surface area contributed by atoms with Gasteiger partial charge in [-0.2, -0.15) is 0 Å². The van der Waals surface area contributed by atoms with Crippen molar-refractivity contribution in [2.24, 2.45) is 5.92 Å². The molecule has 3 aliphatic rings. The molecule has 1 aliphatic carbocycles. The molecule has 0 radical (unpaired) electrons. The van der Waals surface area contributed by atoms with Crippen molar-refractivity contribution < 1.29 is 24.3 Å². The van der Waals surface area contributed by atoms with E-state index in [2.05, 4.69) is 11.4 Å². The Morgan fingerprint density at radius 3 is 2.77 bits per heavy atom. The molecule has 4 atom stereocenters. The van der Waals surface area contributed by atoms with Crippen molar-refractivity contribution in [2.45, 2.75) is 50.7 Å². The predicted octanol–water partition coefficient (Wildman–Crippen LogP) is 2.61. The highest BCUT2D eigenvalue weighted by Gasteiger charge is 2.52. The van der Waals surface area contributed by atoms with Gasteiger partial charge in [-0.1, -0.05) is 30.5 Å². The van der Waals surface area contributed by atoms with Crippen LogP contribution < -0.4 is 19.7 Å². The van der Waals surface area contributed by atoms with E-state index >= 15 is 0 Å². The maximum absolute atomic E-state index is 12.9. The third-order valence-corrected chi connectivity index (χ3v) is 7.26. The van der Waals surface area contributed by atoms with Crippen molar-refractivity contribution >= 4 is 11.6 Å². The van der Waals surface area contributed by atoms with E-state index in [4.69, 9.17) is 9.47 Å². The first-order valence-electron chi connectivity index (χ1n) is 11.3. The van der Waals surface area contributed by atoms with Crippen molar-refractivity contribution in [1.29, 1.82) is 0 Å². The number of aryl methyl sites for hydroxylation is 1. The number of carbonyl (C=O) groups is 1. The number of piperidine rings is 1. The number of carbonyl (C=O) groups excluding carboxylic acids is 1. The molecule has 1 saturated carbocycles. The molecule has 164 valence electrons. The fourth-order valence-electron chi connectivity index (χ4n) is 5.68. The van der Waals surface area contributed by atoms with Gasteiger partial charge in [0.1, 0.15) is 6.04 Å². The first-order chi connectivity index (χ1) is 15.0. The molecular formula is C25H31N2O4+. The second-order valence-corrected chi connectivity index (χ2v) is 9.30. The Balaban J connectivity index is 1.40. The lowest BCUT2D eigenvalue weighted by Crippen LogP contribution is -3.16. The van der Waals surface area contributed by atoms with Crippen LogP contribution in [-0.4, -0.2) is 36.5 Å². The quantitative estimate of drug-likeness (QED) is 0.707. The third kappa shape index (κ3) is 4.02. The van der Waals surface area contributed by atoms with E-state index in [1.54, 1.807) is 0 Å². The molecule has 31 heavy (non-hydrogen) atoms. The Hall–Kier alpha value is -2.57. The Bertz CT molecular complexity index is 960. The van der Waals surface area contributed by atoms with E-state index in [0.29, 0.717) is 6.54 Å². The zero-order valence-corrected chi connectivity index (χ0v) is 18.0. The number of hydrogen-bond acceptors (Lipinski definition) is 4. The van der Waals surface area contributed by atoms with E-state index in [-0.39, 0.29) is 24.7 Å². The van der Waals surface area contributed by atoms with Crippen molar-refractivity contribution in [1.82, 2.24) is 0 Å². The number of quaternary nitrogens is 1. The maximum atomic E-state index is 12.9. The highest BCUT2D eigenvalue weighted by molar-refractivity contribution is 5.91. The molecule has 6 heteroatoms. The van der Waals surface area contributed by atoms with Gasteiger partial charge in [-0.15, -0.1) is 0 Å². The zero-order chi connectivity index (χ0) is 21.4. The topological polar surface area (TPSA) is 72.2 Å². The average Bonchev–Trinajstić information content (AvgIpc) is 3.23. The van der Waals surface area contributed by atoms with Gasteiger partial charge in [-0.25, -0.2) is 0 Å². The number of anilines is 1. The van der Waals surface area contributed by atoms with Gasteiger partial charge in [-0.3, -0.25) is 4.79 Å². The number of aliphatic hydroxyl groups is 1. The molecule has 3 N–H and O–H groups in total. The maximum Gasteiger partial charge on any atom is 0.279 e. The van der Waals surface area contributed by atoms with Crippen LogP contribution in [0, 0.1) is 12.8 Å². The van der Waals surface area contributed by atoms with Gasteiger partial charge in [0.15, 0.2) is 18.0 Å². The Labute approximate surface area is 183 Å². The van der Waals surface area contributed by atoms with Crippen molar-refractivity contribution in [3.63, 3.8) is 0 Å². The van der Waals surface area contributed by atoms with Crippen LogP contribution in [0.4, 0.5) is 5.69 Å². The smallest absolute Gasteiger partial charge is 0.279 e. The number of nitrogens with one attached hydrogen (secondary N) is 2. The lowest BCUT2D eigenvalue weighted by Gasteiger charge is -2.50. The number of benzene rings is 2. The Morgan fingerprint density at radius 1 is 1.13 bits per heavy atom. The molecule has 5 rings (SSSR count). The first-order valence-corrected chi connectivity index (χ1v) is 11.3. The fraction of sp³-hybridized carbons (Fsp3) is 0.480. The Kier molecular flexibility index (Phi) is 5.36. The zero-order valence-electron chi connectivity index (χ0n) is 18.0. The summed E-state index contributed by atoms with van der Waals surface area (Å²) in [5.74, 6) is 1.66. The minimum Gasteiger partial charge on any atom is -0.454 e. The second kappa shape index (κ2) is 8.17. The van der Waals surface area contributed by atoms with Crippen molar-refractivity contribution in [3.8, 4) is 11.5 Å². The standard InChI is InChI=1S/C25H30N2O4/c1-17-5-8-19(9-6-17)26-23(28)15-27-13-12-25(29)11-3-2-4-20(25)24(27)18-7-10-21-22(14-18)31-16-30-21/h5-10,14,20,24,29H,2-4,11-13,15-16H2,1H3,(H,26,28)/p+1/t20-,24-,25-/m0/s1. The minimum atomic E-state index is -0.643. The van der Waals surface area contributed by atoms with Crippen LogP contribution in [-0.2, 0) is 4.79 Å². The molecule has 2 heterocycles. The molecule has 0 spiro atoms. The fourth-order valence-corrected chi connectivity index (χ4v) is 5.68. The molecule has 2 aliphatic heterocycles. The molecule has 6 nitrogen and oxygen atoms in total. The summed E-state index contributed by atoms with van der Waals surface area (Å²) in [4.78, 5) is 14.1. The molecule has 0 aromatic heterocycles. The number of fused-ring (bicyclic) bond motifs is 2. The van der Waals surface area contributed by atoms with E-state index in [1.165, 1.54) is 10.5 Å². The van der Waals surface area contributed by atoms with Crippen LogP contribution in [0.1, 0.15) is 49.3 Å². The average molecular weight is 424 g/mol. The molecule has 0 bridgehead atoms. The van der Waals surface area contributed by atoms with E-state index in [1.807, 2.05) is 43.3 Å². The first kappa shape index (κ1) is 20.3. The van der Waals surface area contributed by atoms with Crippen LogP contribution in [0.15, 0.2) is 42.5 Å². The summed E-state index contributed by atoms with van der Waals surface area (Å²) in [6.45, 7) is 3.42. The van der Waals surface area contributed by atoms with Crippen LogP contribution in [0.3, 0.4) is 0 Å². The monoisotopic (exact) mass is 423 g/mol. The van der Waals surface area contributed by atoms with Crippen LogP contribution in [0.5, 0.6) is 11.5 Å². The normalized spacial score (nSPS) is 29.3. The third-order valence-electron chi connectivity index (χ3n) is 7.26. The minimum absolute atomic E-state index is 0.00541. The van der Waals surface area contributed by atoms with Gasteiger partial charge < -0.3 is 24.8 Å². The van der Waals surface area contributed by atoms with Gasteiger partial charge in [-0.05, 0) is 50.1 Å². The van der Waals surface area contributed by atoms with Gasteiger partial charge in [0.25, 0.3) is 5.91 Å². The van der Waals surface area contributed by atoms with Crippen molar-refractivity contribution in [2.75, 3.05) is 25.2 Å². The lowest BCUT2D eigenvalue weighted by molar-refractivity contribution is -0.937. The van der Waals surface area contributed by atoms with Gasteiger partial charge >= 0.3 is 0 Å². The number of rotatable bonds is 4. The summed E-state index contributed by atoms with van der Waals surface area (Å²) in [5, 5.41) is 14.5. The SMILES string of the molecule is Cc1ccc(NC(=O)C[NH+]2CC[C@@]3(O)CCCC[C@H]3[C@@H]2c2ccc3c(c2)OCO3)cc1. The number of hydrogen-bond donors (Lipinski definition) is 3. The van der Waals surface area contributed by atoms with Crippen LogP contribution in [0.2, 0.25) is 0 Å². The van der Waals surface area contributed by atoms with Crippen molar-refractivity contribution in [3.05, 3.63) is 53.6 Å². The summed E-state index contributed by atoms with van der Waals surface area (Å²) >= 11 is 0. The molecule has 2 fully saturated rings. The predicted molar refractivity (Wildman–Crippen MR) is 117 cm³/mol. The van der Waals surface area contributed by atoms with E-state index in [9.17, 15) is 9.90 Å². The number of ether oxygens (including phenoxy) is 2. The highest BCUT2D eigenvalue weighted by atomic mass is 16.7. The largest absolute Gasteiger partial charge is 0.454 e. The summed E-state index contributed by atoms with van der Waals surface area (Å²) < 4.78 is 11.1. The van der Waals surface area contributed by atoms with Gasteiger partial charge in [0.2, 0.25) is 6.79 Å². The van der Waals surface area contributed by atoms with Gasteiger partial charge in [0.05, 0.1) is 12.1 Å². The highest BCUT2D eigenvalue weighted by Crippen LogP contribution is 2.45. The molecule has 1 unspecified atom stereocenters. The van der Waals surface area contributed by atoms with Gasteiger partial charge in [0, 0.05) is 23.6 Å². The van der Waals surface area contributed by atoms with E-state index in [0.717, 1.165) is 61.4 Å². The summed E-state index contributed by atoms with van der Waals surface area (Å²) in [6, 6.07) is 14.0. The number of amides is 1. The Morgan fingerprint density at radius 2 is 1.94 bits per heavy atom. The van der Waals surface area contributed by atoms with Crippen LogP contribution >= 0.6 is 0 Å². The molecule has 1 amide bonds. The second-order valence-electron chi connectivity index (χ2n) is 9.30. The lowest BCUT2D eigenvalue weighted by atomic mass is 9.66. The summed E-state index contributed by atoms with van der Waals surface area (Å²) in [5.41, 5.74) is 2.46. The molecular weight excluding hydrogens is 392 g/mol. The molecule has 2 aromatic carbocycles. The summed E-state index contributed by atoms with van der Waals surface area (Å²) in [6.07, 6.45) is 4.77. The number of likely N-dealkylation sites (tertiary alicyclic amines) is 1. The summed E-state index contributed by atoms with van der Waals surface area (Å²) in [7, 11) is 0. The molecule has 1 saturated heterocycles. The van der Waals surface area contributed by atoms with E-state index < -0.39 is 5.60 Å². The van der Waals surface area contributed by atoms with Crippen LogP contribution in [0.25, 0.3) is 0 Å².